The molecule has 4 rings (SSSR count). The first kappa shape index (κ1) is 17.9. The molecular formula is C21H18N4O2S. The Balaban J connectivity index is 1.41. The summed E-state index contributed by atoms with van der Waals surface area (Å²) in [4.78, 5) is 17.7. The Morgan fingerprint density at radius 3 is 2.64 bits per heavy atom. The molecule has 2 N–H and O–H groups in total. The maximum Gasteiger partial charge on any atom is 0.319 e. The van der Waals surface area contributed by atoms with Crippen molar-refractivity contribution >= 4 is 23.1 Å². The molecule has 0 spiro atoms. The molecule has 6 nitrogen and oxygen atoms in total. The van der Waals surface area contributed by atoms with Gasteiger partial charge in [-0.05, 0) is 28.6 Å². The fraction of sp³-hybridized carbons (Fsp3) is 0.0952. The Labute approximate surface area is 166 Å². The van der Waals surface area contributed by atoms with E-state index in [2.05, 4.69) is 20.8 Å². The first-order valence-electron chi connectivity index (χ1n) is 8.81. The number of rotatable bonds is 6. The predicted octanol–water partition coefficient (Wildman–Crippen LogP) is 4.71. The van der Waals surface area contributed by atoms with Crippen LogP contribution in [0.2, 0.25) is 0 Å². The van der Waals surface area contributed by atoms with Crippen LogP contribution in [0.4, 0.5) is 10.5 Å². The second kappa shape index (κ2) is 8.49. The minimum Gasteiger partial charge on any atom is -0.339 e. The van der Waals surface area contributed by atoms with Gasteiger partial charge in [0.15, 0.2) is 0 Å². The normalized spacial score (nSPS) is 10.6. The number of thiophene rings is 1. The number of hydrogen-bond donors (Lipinski definition) is 2. The second-order valence-electron chi connectivity index (χ2n) is 6.12. The van der Waals surface area contributed by atoms with E-state index in [0.29, 0.717) is 30.4 Å². The van der Waals surface area contributed by atoms with Gasteiger partial charge in [0.2, 0.25) is 11.7 Å². The summed E-state index contributed by atoms with van der Waals surface area (Å²) in [5.74, 6) is 1.08. The van der Waals surface area contributed by atoms with E-state index < -0.39 is 0 Å². The van der Waals surface area contributed by atoms with Crippen LogP contribution in [-0.4, -0.2) is 16.2 Å². The Kier molecular flexibility index (Phi) is 5.44. The van der Waals surface area contributed by atoms with Gasteiger partial charge in [-0.2, -0.15) is 4.98 Å². The Bertz CT molecular complexity index is 1050. The van der Waals surface area contributed by atoms with Crippen molar-refractivity contribution in [1.82, 2.24) is 15.5 Å². The van der Waals surface area contributed by atoms with E-state index in [1.807, 2.05) is 72.1 Å². The molecule has 0 fully saturated rings. The molecule has 140 valence electrons. The van der Waals surface area contributed by atoms with Crippen LogP contribution in [0.5, 0.6) is 0 Å². The summed E-state index contributed by atoms with van der Waals surface area (Å²) in [6.45, 7) is 0.461. The van der Waals surface area contributed by atoms with Crippen molar-refractivity contribution in [3.8, 4) is 10.7 Å². The van der Waals surface area contributed by atoms with Crippen LogP contribution in [0.25, 0.3) is 10.7 Å². The van der Waals surface area contributed by atoms with Crippen molar-refractivity contribution in [3.63, 3.8) is 0 Å². The smallest absolute Gasteiger partial charge is 0.319 e. The average Bonchev–Trinajstić information content (AvgIpc) is 3.41. The third-order valence-electron chi connectivity index (χ3n) is 4.11. The van der Waals surface area contributed by atoms with Gasteiger partial charge in [-0.15, -0.1) is 11.3 Å². The van der Waals surface area contributed by atoms with Gasteiger partial charge in [-0.1, -0.05) is 59.8 Å². The number of nitrogens with zero attached hydrogens (tertiary/aromatic N) is 2. The van der Waals surface area contributed by atoms with Gasteiger partial charge in [0.05, 0.1) is 11.3 Å². The monoisotopic (exact) mass is 390 g/mol. The SMILES string of the molecule is O=C(NCc1ccccc1)Nc1ccccc1Cc1nc(-c2cccs2)no1. The summed E-state index contributed by atoms with van der Waals surface area (Å²) in [6, 6.07) is 21.0. The third-order valence-corrected chi connectivity index (χ3v) is 4.98. The number of urea groups is 1. The first-order chi connectivity index (χ1) is 13.8. The van der Waals surface area contributed by atoms with Crippen molar-refractivity contribution in [2.45, 2.75) is 13.0 Å². The number of carbonyl (C=O) groups excluding carboxylic acids is 1. The molecule has 2 aromatic heterocycles. The highest BCUT2D eigenvalue weighted by atomic mass is 32.1. The lowest BCUT2D eigenvalue weighted by Crippen LogP contribution is -2.28. The molecule has 2 amide bonds. The van der Waals surface area contributed by atoms with Gasteiger partial charge in [0.25, 0.3) is 0 Å². The molecule has 7 heteroatoms. The summed E-state index contributed by atoms with van der Waals surface area (Å²) < 4.78 is 5.37. The molecule has 4 aromatic rings. The quantitative estimate of drug-likeness (QED) is 0.500. The van der Waals surface area contributed by atoms with E-state index in [0.717, 1.165) is 16.0 Å². The zero-order valence-corrected chi connectivity index (χ0v) is 15.8. The van der Waals surface area contributed by atoms with E-state index >= 15 is 0 Å². The van der Waals surface area contributed by atoms with Crippen LogP contribution in [0, 0.1) is 0 Å². The molecule has 0 saturated carbocycles. The first-order valence-corrected chi connectivity index (χ1v) is 9.69. The maximum atomic E-state index is 12.3. The number of nitrogens with one attached hydrogen (secondary N) is 2. The molecular weight excluding hydrogens is 372 g/mol. The standard InChI is InChI=1S/C21H18N4O2S/c26-21(22-14-15-7-2-1-3-8-15)23-17-10-5-4-9-16(17)13-19-24-20(25-27-19)18-11-6-12-28-18/h1-12H,13-14H2,(H2,22,23,26). The highest BCUT2D eigenvalue weighted by molar-refractivity contribution is 7.13. The van der Waals surface area contributed by atoms with Crippen molar-refractivity contribution in [2.24, 2.45) is 0 Å². The van der Waals surface area contributed by atoms with E-state index in [1.54, 1.807) is 11.3 Å². The lowest BCUT2D eigenvalue weighted by molar-refractivity contribution is 0.251. The number of aromatic nitrogens is 2. The summed E-state index contributed by atoms with van der Waals surface area (Å²) >= 11 is 1.56. The Morgan fingerprint density at radius 2 is 1.82 bits per heavy atom. The van der Waals surface area contributed by atoms with Crippen LogP contribution in [0.15, 0.2) is 76.6 Å². The van der Waals surface area contributed by atoms with E-state index in [-0.39, 0.29) is 6.03 Å². The molecule has 2 heterocycles. The van der Waals surface area contributed by atoms with Gasteiger partial charge in [-0.3, -0.25) is 0 Å². The highest BCUT2D eigenvalue weighted by Gasteiger charge is 2.13. The van der Waals surface area contributed by atoms with Crippen LogP contribution < -0.4 is 10.6 Å². The highest BCUT2D eigenvalue weighted by Crippen LogP contribution is 2.23. The summed E-state index contributed by atoms with van der Waals surface area (Å²) in [5, 5.41) is 11.8. The molecule has 0 aliphatic heterocycles. The summed E-state index contributed by atoms with van der Waals surface area (Å²) in [7, 11) is 0. The van der Waals surface area contributed by atoms with Crippen LogP contribution in [0.1, 0.15) is 17.0 Å². The molecule has 2 aromatic carbocycles. The summed E-state index contributed by atoms with van der Waals surface area (Å²) in [6.07, 6.45) is 0.438. The van der Waals surface area contributed by atoms with Gasteiger partial charge >= 0.3 is 6.03 Å². The van der Waals surface area contributed by atoms with Crippen LogP contribution >= 0.6 is 11.3 Å². The van der Waals surface area contributed by atoms with E-state index in [1.165, 1.54) is 0 Å². The van der Waals surface area contributed by atoms with Gasteiger partial charge < -0.3 is 15.2 Å². The predicted molar refractivity (Wildman–Crippen MR) is 109 cm³/mol. The molecule has 28 heavy (non-hydrogen) atoms. The zero-order valence-electron chi connectivity index (χ0n) is 15.0. The third kappa shape index (κ3) is 4.44. The Morgan fingerprint density at radius 1 is 1.00 bits per heavy atom. The van der Waals surface area contributed by atoms with Crippen molar-refractivity contribution in [2.75, 3.05) is 5.32 Å². The Hall–Kier alpha value is -3.45. The number of para-hydroxylation sites is 1. The topological polar surface area (TPSA) is 80.0 Å². The molecule has 0 aliphatic rings. The number of hydrogen-bond acceptors (Lipinski definition) is 5. The summed E-state index contributed by atoms with van der Waals surface area (Å²) in [5.41, 5.74) is 2.65. The lowest BCUT2D eigenvalue weighted by atomic mass is 10.1. The molecule has 0 aliphatic carbocycles. The zero-order chi connectivity index (χ0) is 19.2. The van der Waals surface area contributed by atoms with Gasteiger partial charge in [0.1, 0.15) is 0 Å². The second-order valence-corrected chi connectivity index (χ2v) is 7.06. The number of carbonyl (C=O) groups is 1. The molecule has 0 atom stereocenters. The number of benzene rings is 2. The largest absolute Gasteiger partial charge is 0.339 e. The van der Waals surface area contributed by atoms with Crippen molar-refractivity contribution in [3.05, 3.63) is 89.1 Å². The minimum atomic E-state index is -0.263. The molecule has 0 unspecified atom stereocenters. The van der Waals surface area contributed by atoms with Crippen LogP contribution in [0.3, 0.4) is 0 Å². The minimum absolute atomic E-state index is 0.263. The molecule has 0 bridgehead atoms. The number of amides is 2. The van der Waals surface area contributed by atoms with E-state index in [4.69, 9.17) is 4.52 Å². The fourth-order valence-corrected chi connectivity index (χ4v) is 3.39. The maximum absolute atomic E-state index is 12.3. The molecule has 0 saturated heterocycles. The average molecular weight is 390 g/mol. The fourth-order valence-electron chi connectivity index (χ4n) is 2.74. The van der Waals surface area contributed by atoms with E-state index in [9.17, 15) is 4.79 Å². The molecule has 0 radical (unpaired) electrons. The van der Waals surface area contributed by atoms with Crippen LogP contribution in [-0.2, 0) is 13.0 Å². The lowest BCUT2D eigenvalue weighted by Gasteiger charge is -2.11. The van der Waals surface area contributed by atoms with Crippen molar-refractivity contribution < 1.29 is 9.32 Å². The van der Waals surface area contributed by atoms with Gasteiger partial charge in [0, 0.05) is 12.2 Å². The van der Waals surface area contributed by atoms with Gasteiger partial charge in [-0.25, -0.2) is 4.79 Å². The number of anilines is 1. The van der Waals surface area contributed by atoms with Crippen molar-refractivity contribution in [1.29, 1.82) is 0 Å².